The maximum absolute atomic E-state index is 13.5. The number of fused-ring (bicyclic) bond motifs is 1. The Morgan fingerprint density at radius 2 is 1.83 bits per heavy atom. The van der Waals surface area contributed by atoms with Gasteiger partial charge in [-0.3, -0.25) is 9.59 Å². The van der Waals surface area contributed by atoms with Crippen LogP contribution in [0.1, 0.15) is 64.0 Å². The van der Waals surface area contributed by atoms with Crippen molar-refractivity contribution in [1.82, 2.24) is 10.5 Å². The molecule has 3 aromatic carbocycles. The molecule has 4 aromatic rings. The SMILES string of the molecule is CCOC(=O)CN1c2cc(CC(=O)NC(c3ccccc3)c3ccc(C)cc3C)ccc2NC1c1c(C)noc1C. The van der Waals surface area contributed by atoms with Crippen molar-refractivity contribution in [2.45, 2.75) is 53.2 Å². The number of aromatic nitrogens is 1. The van der Waals surface area contributed by atoms with Crippen molar-refractivity contribution < 1.29 is 18.8 Å². The van der Waals surface area contributed by atoms with Crippen LogP contribution in [0.25, 0.3) is 0 Å². The van der Waals surface area contributed by atoms with Crippen LogP contribution >= 0.6 is 0 Å². The second-order valence-corrected chi connectivity index (χ2v) is 10.5. The van der Waals surface area contributed by atoms with E-state index in [0.717, 1.165) is 44.9 Å². The lowest BCUT2D eigenvalue weighted by Gasteiger charge is -2.26. The Balaban J connectivity index is 1.41. The second-order valence-electron chi connectivity index (χ2n) is 10.5. The van der Waals surface area contributed by atoms with Crippen molar-refractivity contribution in [2.75, 3.05) is 23.4 Å². The summed E-state index contributed by atoms with van der Waals surface area (Å²) in [6, 6.07) is 21.9. The van der Waals surface area contributed by atoms with Crippen molar-refractivity contribution in [3.63, 3.8) is 0 Å². The van der Waals surface area contributed by atoms with E-state index < -0.39 is 0 Å². The highest BCUT2D eigenvalue weighted by atomic mass is 16.5. The number of hydrogen-bond donors (Lipinski definition) is 2. The van der Waals surface area contributed by atoms with Gasteiger partial charge in [0.2, 0.25) is 5.91 Å². The van der Waals surface area contributed by atoms with Crippen LogP contribution in [0.2, 0.25) is 0 Å². The van der Waals surface area contributed by atoms with Gasteiger partial charge < -0.3 is 24.8 Å². The number of carbonyl (C=O) groups is 2. The van der Waals surface area contributed by atoms with Crippen molar-refractivity contribution in [3.05, 3.63) is 112 Å². The Morgan fingerprint density at radius 3 is 2.51 bits per heavy atom. The third-order valence-corrected chi connectivity index (χ3v) is 7.48. The number of nitrogens with one attached hydrogen (secondary N) is 2. The number of amides is 1. The number of nitrogens with zero attached hydrogens (tertiary/aromatic N) is 2. The zero-order valence-electron chi connectivity index (χ0n) is 24.2. The zero-order chi connectivity index (χ0) is 29.1. The van der Waals surface area contributed by atoms with Crippen LogP contribution in [-0.2, 0) is 20.7 Å². The summed E-state index contributed by atoms with van der Waals surface area (Å²) in [5.41, 5.74) is 8.54. The van der Waals surface area contributed by atoms with E-state index >= 15 is 0 Å². The van der Waals surface area contributed by atoms with E-state index in [1.54, 1.807) is 6.92 Å². The van der Waals surface area contributed by atoms with Crippen LogP contribution in [0.15, 0.2) is 71.3 Å². The fraction of sp³-hybridized carbons (Fsp3) is 0.303. The molecule has 0 spiro atoms. The fourth-order valence-electron chi connectivity index (χ4n) is 5.57. The van der Waals surface area contributed by atoms with Crippen molar-refractivity contribution >= 4 is 23.3 Å². The van der Waals surface area contributed by atoms with Crippen LogP contribution < -0.4 is 15.5 Å². The molecule has 0 saturated carbocycles. The highest BCUT2D eigenvalue weighted by Gasteiger charge is 2.35. The van der Waals surface area contributed by atoms with Gasteiger partial charge in [-0.1, -0.05) is 65.3 Å². The summed E-state index contributed by atoms with van der Waals surface area (Å²) in [5.74, 6) is 0.254. The molecule has 2 atom stereocenters. The third-order valence-electron chi connectivity index (χ3n) is 7.48. The van der Waals surface area contributed by atoms with Gasteiger partial charge in [0, 0.05) is 0 Å². The van der Waals surface area contributed by atoms with E-state index in [0.29, 0.717) is 12.4 Å². The molecule has 0 bridgehead atoms. The predicted molar refractivity (Wildman–Crippen MR) is 159 cm³/mol. The molecule has 0 saturated heterocycles. The first-order valence-electron chi connectivity index (χ1n) is 13.9. The van der Waals surface area contributed by atoms with Gasteiger partial charge in [-0.15, -0.1) is 0 Å². The third kappa shape index (κ3) is 5.96. The Bertz CT molecular complexity index is 1540. The monoisotopic (exact) mass is 552 g/mol. The van der Waals surface area contributed by atoms with Crippen molar-refractivity contribution in [1.29, 1.82) is 0 Å². The molecule has 5 rings (SSSR count). The molecule has 2 heterocycles. The van der Waals surface area contributed by atoms with Gasteiger partial charge in [-0.05, 0) is 69.0 Å². The number of esters is 1. The van der Waals surface area contributed by atoms with Crippen molar-refractivity contribution in [2.24, 2.45) is 0 Å². The lowest BCUT2D eigenvalue weighted by atomic mass is 9.93. The molecule has 41 heavy (non-hydrogen) atoms. The first kappa shape index (κ1) is 28.0. The number of carbonyl (C=O) groups excluding carboxylic acids is 2. The number of rotatable bonds is 9. The van der Waals surface area contributed by atoms with Gasteiger partial charge >= 0.3 is 5.97 Å². The maximum atomic E-state index is 13.5. The summed E-state index contributed by atoms with van der Waals surface area (Å²) in [4.78, 5) is 28.0. The van der Waals surface area contributed by atoms with Gasteiger partial charge in [-0.25, -0.2) is 0 Å². The minimum atomic E-state index is -0.350. The first-order chi connectivity index (χ1) is 19.7. The Labute approximate surface area is 240 Å². The number of benzene rings is 3. The summed E-state index contributed by atoms with van der Waals surface area (Å²) >= 11 is 0. The van der Waals surface area contributed by atoms with E-state index in [-0.39, 0.29) is 37.0 Å². The largest absolute Gasteiger partial charge is 0.465 e. The Kier molecular flexibility index (Phi) is 8.10. The van der Waals surface area contributed by atoms with Crippen LogP contribution in [0, 0.1) is 27.7 Å². The molecule has 0 radical (unpaired) electrons. The highest BCUT2D eigenvalue weighted by Crippen LogP contribution is 2.43. The standard InChI is InChI=1S/C33H36N4O4/c1-6-40-30(39)19-37-28-17-24(13-15-27(28)34-33(37)31-22(4)36-41-23(31)5)18-29(38)35-32(25-10-8-7-9-11-25)26-14-12-20(2)16-21(26)3/h7-17,32-34H,6,18-19H2,1-5H3,(H,35,38). The minimum Gasteiger partial charge on any atom is -0.465 e. The fourth-order valence-corrected chi connectivity index (χ4v) is 5.57. The van der Waals surface area contributed by atoms with Gasteiger partial charge in [0.25, 0.3) is 0 Å². The lowest BCUT2D eigenvalue weighted by molar-refractivity contribution is -0.141. The maximum Gasteiger partial charge on any atom is 0.325 e. The number of hydrogen-bond acceptors (Lipinski definition) is 7. The van der Waals surface area contributed by atoms with E-state index in [1.165, 1.54) is 5.56 Å². The first-order valence-corrected chi connectivity index (χ1v) is 13.9. The normalized spacial score (nSPS) is 14.8. The van der Waals surface area contributed by atoms with E-state index in [4.69, 9.17) is 9.26 Å². The molecule has 8 heteroatoms. The van der Waals surface area contributed by atoms with E-state index in [1.807, 2.05) is 67.3 Å². The average Bonchev–Trinajstić information content (AvgIpc) is 3.46. The molecule has 8 nitrogen and oxygen atoms in total. The molecular formula is C33H36N4O4. The molecule has 1 aromatic heterocycles. The molecule has 0 aliphatic carbocycles. The smallest absolute Gasteiger partial charge is 0.325 e. The summed E-state index contributed by atoms with van der Waals surface area (Å²) in [6.45, 7) is 10.0. The molecule has 2 N–H and O–H groups in total. The minimum absolute atomic E-state index is 0.0427. The van der Waals surface area contributed by atoms with Gasteiger partial charge in [-0.2, -0.15) is 0 Å². The van der Waals surface area contributed by atoms with E-state index in [9.17, 15) is 9.59 Å². The topological polar surface area (TPSA) is 96.7 Å². The zero-order valence-corrected chi connectivity index (χ0v) is 24.2. The molecule has 0 fully saturated rings. The van der Waals surface area contributed by atoms with Gasteiger partial charge in [0.1, 0.15) is 18.5 Å². The lowest BCUT2D eigenvalue weighted by Crippen LogP contribution is -2.34. The summed E-state index contributed by atoms with van der Waals surface area (Å²) < 4.78 is 10.7. The Morgan fingerprint density at radius 1 is 1.05 bits per heavy atom. The number of ether oxygens (including phenoxy) is 1. The Hall–Kier alpha value is -4.59. The molecule has 1 amide bonds. The average molecular weight is 553 g/mol. The van der Waals surface area contributed by atoms with Crippen LogP contribution in [0.4, 0.5) is 11.4 Å². The van der Waals surface area contributed by atoms with Crippen LogP contribution in [0.5, 0.6) is 0 Å². The summed E-state index contributed by atoms with van der Waals surface area (Å²) in [6.07, 6.45) is -0.165. The molecule has 212 valence electrons. The summed E-state index contributed by atoms with van der Waals surface area (Å²) in [5, 5.41) is 10.9. The molecule has 1 aliphatic heterocycles. The van der Waals surface area contributed by atoms with Crippen LogP contribution in [-0.4, -0.2) is 30.2 Å². The molecule has 2 unspecified atom stereocenters. The number of aryl methyl sites for hydroxylation is 4. The highest BCUT2D eigenvalue weighted by molar-refractivity contribution is 5.86. The number of anilines is 2. The van der Waals surface area contributed by atoms with Gasteiger partial charge in [0.05, 0.1) is 41.7 Å². The van der Waals surface area contributed by atoms with E-state index in [2.05, 4.69) is 47.8 Å². The predicted octanol–water partition coefficient (Wildman–Crippen LogP) is 5.85. The quantitative estimate of drug-likeness (QED) is 0.252. The van der Waals surface area contributed by atoms with Gasteiger partial charge in [0.15, 0.2) is 0 Å². The molecule has 1 aliphatic rings. The second kappa shape index (κ2) is 11.9. The van der Waals surface area contributed by atoms with Crippen molar-refractivity contribution in [3.8, 4) is 0 Å². The summed E-state index contributed by atoms with van der Waals surface area (Å²) in [7, 11) is 0. The van der Waals surface area contributed by atoms with Crippen LogP contribution in [0.3, 0.4) is 0 Å². The molecular weight excluding hydrogens is 516 g/mol.